The fourth-order valence-corrected chi connectivity index (χ4v) is 4.29. The quantitative estimate of drug-likeness (QED) is 0.583. The van der Waals surface area contributed by atoms with Gasteiger partial charge in [-0.2, -0.15) is 0 Å². The van der Waals surface area contributed by atoms with Crippen molar-refractivity contribution in [1.82, 2.24) is 4.98 Å². The average molecular weight is 429 g/mol. The molecule has 1 unspecified atom stereocenters. The first kappa shape index (κ1) is 21.7. The summed E-state index contributed by atoms with van der Waals surface area (Å²) in [7, 11) is 0. The van der Waals surface area contributed by atoms with Crippen molar-refractivity contribution in [3.63, 3.8) is 0 Å². The van der Waals surface area contributed by atoms with E-state index < -0.39 is 5.97 Å². The molecule has 1 fully saturated rings. The van der Waals surface area contributed by atoms with Gasteiger partial charge in [-0.25, -0.2) is 9.78 Å². The highest BCUT2D eigenvalue weighted by Crippen LogP contribution is 2.36. The number of nitrogens with zero attached hydrogens (tertiary/aromatic N) is 1. The van der Waals surface area contributed by atoms with Gasteiger partial charge in [-0.05, 0) is 30.0 Å². The van der Waals surface area contributed by atoms with Gasteiger partial charge in [0.05, 0.1) is 22.2 Å². The van der Waals surface area contributed by atoms with E-state index in [9.17, 15) is 9.59 Å². The van der Waals surface area contributed by atoms with E-state index in [0.717, 1.165) is 36.2 Å². The molecular formula is C19H22Cl2N2O3S. The standard InChI is InChI=1S/C18H18Cl2N2O3S.CH4/c19-13-6-5-11(8-14(13)20)12(7-10-3-1-2-4-10)16(23)22-18-21-9-15(26-18)17(24)25;/h5-6,8-10,12H,1-4,7H2,(H,24,25)(H,21,22,23);1H4. The summed E-state index contributed by atoms with van der Waals surface area (Å²) in [4.78, 5) is 28.0. The fourth-order valence-electron chi connectivity index (χ4n) is 3.33. The number of benzene rings is 1. The van der Waals surface area contributed by atoms with Crippen molar-refractivity contribution in [3.05, 3.63) is 44.9 Å². The molecule has 1 aliphatic carbocycles. The Morgan fingerprint density at radius 3 is 2.56 bits per heavy atom. The van der Waals surface area contributed by atoms with Crippen LogP contribution in [-0.4, -0.2) is 22.0 Å². The molecule has 0 spiro atoms. The highest BCUT2D eigenvalue weighted by atomic mass is 35.5. The molecule has 0 aliphatic heterocycles. The lowest BCUT2D eigenvalue weighted by Gasteiger charge is -2.20. The normalized spacial score (nSPS) is 15.2. The van der Waals surface area contributed by atoms with Crippen LogP contribution in [0.15, 0.2) is 24.4 Å². The Labute approximate surface area is 172 Å². The molecule has 0 radical (unpaired) electrons. The number of aromatic carboxylic acids is 1. The fraction of sp³-hybridized carbons (Fsp3) is 0.421. The van der Waals surface area contributed by atoms with Crippen LogP contribution in [0, 0.1) is 5.92 Å². The molecule has 1 aromatic heterocycles. The average Bonchev–Trinajstić information content (AvgIpc) is 3.27. The lowest BCUT2D eigenvalue weighted by atomic mass is 9.87. The molecule has 1 saturated carbocycles. The number of carboxylic acid groups (broad SMARTS) is 1. The third kappa shape index (κ3) is 5.43. The van der Waals surface area contributed by atoms with Crippen LogP contribution in [0.1, 0.15) is 60.7 Å². The van der Waals surface area contributed by atoms with Crippen molar-refractivity contribution >= 4 is 51.5 Å². The van der Waals surface area contributed by atoms with Crippen LogP contribution in [-0.2, 0) is 4.79 Å². The third-order valence-corrected chi connectivity index (χ3v) is 6.29. The van der Waals surface area contributed by atoms with Gasteiger partial charge in [0.15, 0.2) is 5.13 Å². The van der Waals surface area contributed by atoms with Crippen LogP contribution >= 0.6 is 34.5 Å². The Morgan fingerprint density at radius 2 is 1.96 bits per heavy atom. The Morgan fingerprint density at radius 1 is 1.26 bits per heavy atom. The molecule has 5 nitrogen and oxygen atoms in total. The molecule has 27 heavy (non-hydrogen) atoms. The third-order valence-electron chi connectivity index (χ3n) is 4.65. The second-order valence-electron chi connectivity index (χ2n) is 6.44. The molecule has 1 aromatic carbocycles. The van der Waals surface area contributed by atoms with Crippen LogP contribution in [0.25, 0.3) is 0 Å². The smallest absolute Gasteiger partial charge is 0.347 e. The number of carbonyl (C=O) groups is 2. The molecule has 3 rings (SSSR count). The van der Waals surface area contributed by atoms with Crippen molar-refractivity contribution in [2.75, 3.05) is 5.32 Å². The predicted octanol–water partition coefficient (Wildman–Crippen LogP) is 6.09. The van der Waals surface area contributed by atoms with Gasteiger partial charge in [0.25, 0.3) is 0 Å². The zero-order valence-electron chi connectivity index (χ0n) is 13.9. The monoisotopic (exact) mass is 428 g/mol. The number of hydrogen-bond acceptors (Lipinski definition) is 4. The Balaban J connectivity index is 0.00000261. The first-order valence-corrected chi connectivity index (χ1v) is 9.96. The minimum absolute atomic E-state index is 0. The van der Waals surface area contributed by atoms with Gasteiger partial charge in [-0.1, -0.05) is 73.7 Å². The van der Waals surface area contributed by atoms with Crippen LogP contribution in [0.4, 0.5) is 5.13 Å². The number of rotatable bonds is 6. The zero-order valence-corrected chi connectivity index (χ0v) is 16.2. The van der Waals surface area contributed by atoms with Crippen molar-refractivity contribution in [3.8, 4) is 0 Å². The SMILES string of the molecule is C.O=C(O)c1cnc(NC(=O)C(CC2CCCC2)c2ccc(Cl)c(Cl)c2)s1. The summed E-state index contributed by atoms with van der Waals surface area (Å²) in [5.74, 6) is -1.16. The highest BCUT2D eigenvalue weighted by Gasteiger charge is 2.28. The van der Waals surface area contributed by atoms with Crippen LogP contribution in [0.2, 0.25) is 10.0 Å². The van der Waals surface area contributed by atoms with E-state index in [2.05, 4.69) is 10.3 Å². The molecule has 1 atom stereocenters. The maximum absolute atomic E-state index is 12.9. The number of anilines is 1. The van der Waals surface area contributed by atoms with E-state index in [1.165, 1.54) is 19.0 Å². The number of carboxylic acids is 1. The highest BCUT2D eigenvalue weighted by molar-refractivity contribution is 7.17. The van der Waals surface area contributed by atoms with Gasteiger partial charge in [0.1, 0.15) is 4.88 Å². The summed E-state index contributed by atoms with van der Waals surface area (Å²) in [5, 5.41) is 12.9. The van der Waals surface area contributed by atoms with Gasteiger partial charge >= 0.3 is 5.97 Å². The number of halogens is 2. The molecule has 1 amide bonds. The summed E-state index contributed by atoms with van der Waals surface area (Å²) in [6.07, 6.45) is 6.58. The van der Waals surface area contributed by atoms with Crippen LogP contribution < -0.4 is 5.32 Å². The van der Waals surface area contributed by atoms with Gasteiger partial charge in [-0.3, -0.25) is 4.79 Å². The number of hydrogen-bond donors (Lipinski definition) is 2. The van der Waals surface area contributed by atoms with Crippen LogP contribution in [0.3, 0.4) is 0 Å². The van der Waals surface area contributed by atoms with Gasteiger partial charge < -0.3 is 10.4 Å². The number of nitrogens with one attached hydrogen (secondary N) is 1. The molecule has 1 heterocycles. The summed E-state index contributed by atoms with van der Waals surface area (Å²) in [6, 6.07) is 5.24. The lowest BCUT2D eigenvalue weighted by molar-refractivity contribution is -0.118. The minimum atomic E-state index is -1.06. The summed E-state index contributed by atoms with van der Waals surface area (Å²) in [6.45, 7) is 0. The first-order chi connectivity index (χ1) is 12.4. The number of carbonyl (C=O) groups excluding carboxylic acids is 1. The molecule has 1 aliphatic rings. The second-order valence-corrected chi connectivity index (χ2v) is 8.28. The van der Waals surface area contributed by atoms with E-state index in [0.29, 0.717) is 16.0 Å². The summed E-state index contributed by atoms with van der Waals surface area (Å²) < 4.78 is 0. The maximum Gasteiger partial charge on any atom is 0.347 e. The summed E-state index contributed by atoms with van der Waals surface area (Å²) >= 11 is 13.1. The maximum atomic E-state index is 12.9. The molecule has 2 N–H and O–H groups in total. The van der Waals surface area contributed by atoms with Crippen molar-refractivity contribution in [2.45, 2.75) is 45.4 Å². The largest absolute Gasteiger partial charge is 0.477 e. The molecule has 8 heteroatoms. The molecule has 0 saturated heterocycles. The number of amides is 1. The number of aromatic nitrogens is 1. The first-order valence-electron chi connectivity index (χ1n) is 8.39. The van der Waals surface area contributed by atoms with E-state index in [1.54, 1.807) is 12.1 Å². The van der Waals surface area contributed by atoms with Gasteiger partial charge in [0, 0.05) is 0 Å². The van der Waals surface area contributed by atoms with E-state index in [4.69, 9.17) is 28.3 Å². The predicted molar refractivity (Wildman–Crippen MR) is 110 cm³/mol. The van der Waals surface area contributed by atoms with E-state index in [1.807, 2.05) is 6.07 Å². The molecular weight excluding hydrogens is 407 g/mol. The second kappa shape index (κ2) is 9.53. The van der Waals surface area contributed by atoms with Crippen molar-refractivity contribution in [2.24, 2.45) is 5.92 Å². The summed E-state index contributed by atoms with van der Waals surface area (Å²) in [5.41, 5.74) is 0.804. The zero-order chi connectivity index (χ0) is 18.7. The minimum Gasteiger partial charge on any atom is -0.477 e. The Hall–Kier alpha value is -1.63. The molecule has 0 bridgehead atoms. The van der Waals surface area contributed by atoms with Crippen molar-refractivity contribution < 1.29 is 14.7 Å². The van der Waals surface area contributed by atoms with Gasteiger partial charge in [0.2, 0.25) is 5.91 Å². The Bertz CT molecular complexity index is 819. The van der Waals surface area contributed by atoms with E-state index >= 15 is 0 Å². The van der Waals surface area contributed by atoms with Crippen molar-refractivity contribution in [1.29, 1.82) is 0 Å². The van der Waals surface area contributed by atoms with E-state index in [-0.39, 0.29) is 29.3 Å². The molecule has 2 aromatic rings. The topological polar surface area (TPSA) is 79.3 Å². The molecule has 146 valence electrons. The number of thiazole rings is 1. The Kier molecular flexibility index (Phi) is 7.65. The van der Waals surface area contributed by atoms with Gasteiger partial charge in [-0.15, -0.1) is 0 Å². The lowest BCUT2D eigenvalue weighted by Crippen LogP contribution is -2.23. The van der Waals surface area contributed by atoms with Crippen LogP contribution in [0.5, 0.6) is 0 Å².